The lowest BCUT2D eigenvalue weighted by Gasteiger charge is -2.28. The molecule has 0 spiro atoms. The number of ether oxygens (including phenoxy) is 1. The number of anilines is 1. The fourth-order valence-electron chi connectivity index (χ4n) is 2.73. The third kappa shape index (κ3) is 4.24. The summed E-state index contributed by atoms with van der Waals surface area (Å²) in [5.74, 6) is 0.629. The highest BCUT2D eigenvalue weighted by atomic mass is 32.5. The van der Waals surface area contributed by atoms with Gasteiger partial charge in [0.05, 0.1) is 18.8 Å². The zero-order chi connectivity index (χ0) is 17.9. The first-order valence-corrected chi connectivity index (χ1v) is 11.2. The molecule has 134 valence electrons. The standard InChI is InChI=1S/C19H24NO3PS/c1-4-21-18-12-10-16(11-13-18)19(20-17-8-6-5-7-9-17)24(25)22-14(2)15(3)23-24/h5-15,19-20H,4H2,1-3H3/t14-,15-,19-/m0/s1. The van der Waals surface area contributed by atoms with E-state index in [0.717, 1.165) is 17.0 Å². The monoisotopic (exact) mass is 377 g/mol. The van der Waals surface area contributed by atoms with Gasteiger partial charge in [0.2, 0.25) is 6.49 Å². The van der Waals surface area contributed by atoms with Crippen molar-refractivity contribution in [2.45, 2.75) is 38.8 Å². The van der Waals surface area contributed by atoms with Crippen LogP contribution in [-0.4, -0.2) is 18.8 Å². The van der Waals surface area contributed by atoms with Crippen molar-refractivity contribution >= 4 is 24.0 Å². The Morgan fingerprint density at radius 3 is 2.20 bits per heavy atom. The second kappa shape index (κ2) is 7.88. The Kier molecular flexibility index (Phi) is 5.80. The molecule has 4 nitrogen and oxygen atoms in total. The molecular weight excluding hydrogens is 353 g/mol. The predicted molar refractivity (Wildman–Crippen MR) is 106 cm³/mol. The summed E-state index contributed by atoms with van der Waals surface area (Å²) >= 11 is 5.88. The summed E-state index contributed by atoms with van der Waals surface area (Å²) in [5, 5.41) is 3.52. The lowest BCUT2D eigenvalue weighted by molar-refractivity contribution is 0.187. The molecule has 1 aliphatic rings. The van der Waals surface area contributed by atoms with Crippen LogP contribution in [0.25, 0.3) is 0 Å². The number of hydrogen-bond donors (Lipinski definition) is 1. The molecule has 0 radical (unpaired) electrons. The Balaban J connectivity index is 1.93. The molecule has 1 heterocycles. The van der Waals surface area contributed by atoms with E-state index in [1.807, 2.05) is 75.4 Å². The van der Waals surface area contributed by atoms with Crippen molar-refractivity contribution in [2.24, 2.45) is 0 Å². The van der Waals surface area contributed by atoms with Crippen molar-refractivity contribution in [3.05, 3.63) is 60.2 Å². The van der Waals surface area contributed by atoms with Crippen LogP contribution in [0.3, 0.4) is 0 Å². The minimum absolute atomic E-state index is 0.00592. The summed E-state index contributed by atoms with van der Waals surface area (Å²) < 4.78 is 17.8. The number of nitrogens with one attached hydrogen (secondary N) is 1. The molecule has 1 saturated heterocycles. The molecule has 1 aliphatic heterocycles. The van der Waals surface area contributed by atoms with E-state index in [-0.39, 0.29) is 18.0 Å². The molecule has 1 fully saturated rings. The van der Waals surface area contributed by atoms with Gasteiger partial charge in [0, 0.05) is 5.69 Å². The highest BCUT2D eigenvalue weighted by Gasteiger charge is 2.42. The quantitative estimate of drug-likeness (QED) is 0.689. The zero-order valence-corrected chi connectivity index (χ0v) is 16.4. The molecule has 6 heteroatoms. The number of rotatable bonds is 6. The van der Waals surface area contributed by atoms with Gasteiger partial charge >= 0.3 is 0 Å². The topological polar surface area (TPSA) is 39.7 Å². The Bertz CT molecular complexity index is 724. The Morgan fingerprint density at radius 2 is 1.64 bits per heavy atom. The fourth-order valence-corrected chi connectivity index (χ4v) is 6.48. The van der Waals surface area contributed by atoms with Crippen molar-refractivity contribution in [2.75, 3.05) is 11.9 Å². The van der Waals surface area contributed by atoms with Crippen LogP contribution in [0.1, 0.15) is 32.1 Å². The number of hydrogen-bond acceptors (Lipinski definition) is 5. The third-order valence-electron chi connectivity index (χ3n) is 4.19. The van der Waals surface area contributed by atoms with Gasteiger partial charge in [-0.3, -0.25) is 0 Å². The molecule has 25 heavy (non-hydrogen) atoms. The van der Waals surface area contributed by atoms with E-state index >= 15 is 0 Å². The summed E-state index contributed by atoms with van der Waals surface area (Å²) in [7, 11) is 0. The molecule has 0 bridgehead atoms. The molecule has 3 atom stereocenters. The SMILES string of the molecule is CCOc1ccc([C@@H](Nc2ccccc2)P2(=S)O[C@@H](C)[C@H](C)O2)cc1. The number of para-hydroxylation sites is 1. The van der Waals surface area contributed by atoms with Crippen LogP contribution < -0.4 is 10.1 Å². The van der Waals surface area contributed by atoms with Gasteiger partial charge in [0.25, 0.3) is 0 Å². The normalized spacial score (nSPS) is 23.2. The largest absolute Gasteiger partial charge is 0.494 e. The highest BCUT2D eigenvalue weighted by Crippen LogP contribution is 2.66. The van der Waals surface area contributed by atoms with Gasteiger partial charge in [0.1, 0.15) is 11.5 Å². The second-order valence-corrected chi connectivity index (χ2v) is 9.62. The first-order chi connectivity index (χ1) is 12.0. The van der Waals surface area contributed by atoms with Gasteiger partial charge in [-0.25, -0.2) is 0 Å². The van der Waals surface area contributed by atoms with E-state index in [1.165, 1.54) is 0 Å². The maximum absolute atomic E-state index is 6.14. The Morgan fingerprint density at radius 1 is 1.04 bits per heavy atom. The Labute approximate surface area is 154 Å². The van der Waals surface area contributed by atoms with E-state index in [1.54, 1.807) is 0 Å². The summed E-state index contributed by atoms with van der Waals surface area (Å²) in [5.41, 5.74) is 2.03. The average Bonchev–Trinajstić information content (AvgIpc) is 2.88. The van der Waals surface area contributed by atoms with E-state index in [0.29, 0.717) is 6.61 Å². The van der Waals surface area contributed by atoms with Crippen LogP contribution in [0.15, 0.2) is 54.6 Å². The van der Waals surface area contributed by atoms with Crippen LogP contribution in [-0.2, 0) is 20.9 Å². The summed E-state index contributed by atoms with van der Waals surface area (Å²) in [6, 6.07) is 18.0. The maximum atomic E-state index is 6.14. The van der Waals surface area contributed by atoms with Crippen LogP contribution in [0.5, 0.6) is 5.75 Å². The van der Waals surface area contributed by atoms with Crippen LogP contribution >= 0.6 is 6.49 Å². The molecule has 0 amide bonds. The van der Waals surface area contributed by atoms with Crippen molar-refractivity contribution in [1.82, 2.24) is 0 Å². The fraction of sp³-hybridized carbons (Fsp3) is 0.368. The van der Waals surface area contributed by atoms with Crippen molar-refractivity contribution in [3.63, 3.8) is 0 Å². The lowest BCUT2D eigenvalue weighted by Crippen LogP contribution is -2.13. The van der Waals surface area contributed by atoms with Gasteiger partial charge < -0.3 is 19.1 Å². The molecule has 2 aromatic carbocycles. The molecule has 0 aromatic heterocycles. The average molecular weight is 377 g/mol. The van der Waals surface area contributed by atoms with Crippen molar-refractivity contribution < 1.29 is 13.8 Å². The summed E-state index contributed by atoms with van der Waals surface area (Å²) in [4.78, 5) is 0. The van der Waals surface area contributed by atoms with Crippen LogP contribution in [0, 0.1) is 0 Å². The summed E-state index contributed by atoms with van der Waals surface area (Å²) in [6.07, 6.45) is -0.0118. The molecule has 1 N–H and O–H groups in total. The van der Waals surface area contributed by atoms with E-state index in [2.05, 4.69) is 5.32 Å². The molecule has 3 rings (SSSR count). The molecular formula is C19H24NO3PS. The van der Waals surface area contributed by atoms with Gasteiger partial charge in [-0.15, -0.1) is 0 Å². The molecule has 0 aliphatic carbocycles. The second-order valence-electron chi connectivity index (χ2n) is 6.08. The summed E-state index contributed by atoms with van der Waals surface area (Å²) in [6.45, 7) is 4.11. The van der Waals surface area contributed by atoms with Crippen molar-refractivity contribution in [1.29, 1.82) is 0 Å². The van der Waals surface area contributed by atoms with Gasteiger partial charge in [-0.2, -0.15) is 0 Å². The number of benzene rings is 2. The van der Waals surface area contributed by atoms with E-state index in [9.17, 15) is 0 Å². The first-order valence-electron chi connectivity index (χ1n) is 8.52. The van der Waals surface area contributed by atoms with E-state index < -0.39 is 6.49 Å². The van der Waals surface area contributed by atoms with E-state index in [4.69, 9.17) is 25.6 Å². The predicted octanol–water partition coefficient (Wildman–Crippen LogP) is 5.33. The minimum atomic E-state index is -2.53. The minimum Gasteiger partial charge on any atom is -0.494 e. The van der Waals surface area contributed by atoms with Crippen LogP contribution in [0.2, 0.25) is 0 Å². The first kappa shape index (κ1) is 18.4. The maximum Gasteiger partial charge on any atom is 0.216 e. The smallest absolute Gasteiger partial charge is 0.216 e. The molecule has 0 unspecified atom stereocenters. The molecule has 0 saturated carbocycles. The highest BCUT2D eigenvalue weighted by molar-refractivity contribution is 8.10. The Hall–Kier alpha value is -1.39. The van der Waals surface area contributed by atoms with Gasteiger partial charge in [-0.1, -0.05) is 30.3 Å². The van der Waals surface area contributed by atoms with Gasteiger partial charge in [-0.05, 0) is 62.4 Å². The van der Waals surface area contributed by atoms with Crippen LogP contribution in [0.4, 0.5) is 5.69 Å². The van der Waals surface area contributed by atoms with Crippen molar-refractivity contribution in [3.8, 4) is 5.75 Å². The van der Waals surface area contributed by atoms with Gasteiger partial charge in [0.15, 0.2) is 0 Å². The zero-order valence-electron chi connectivity index (χ0n) is 14.7. The lowest BCUT2D eigenvalue weighted by atomic mass is 10.2. The molecule has 2 aromatic rings. The third-order valence-corrected chi connectivity index (χ3v) is 7.65.